The molecule has 138 valence electrons. The van der Waals surface area contributed by atoms with Gasteiger partial charge in [0.1, 0.15) is 5.75 Å². The van der Waals surface area contributed by atoms with E-state index < -0.39 is 12.5 Å². The number of nitrogens with two attached hydrogens (primary N) is 1. The zero-order valence-electron chi connectivity index (χ0n) is 14.1. The molecule has 0 heterocycles. The number of amides is 2. The van der Waals surface area contributed by atoms with Crippen molar-refractivity contribution >= 4 is 11.8 Å². The van der Waals surface area contributed by atoms with Crippen molar-refractivity contribution in [2.45, 2.75) is 26.0 Å². The van der Waals surface area contributed by atoms with Gasteiger partial charge in [-0.3, -0.25) is 9.59 Å². The van der Waals surface area contributed by atoms with Gasteiger partial charge in [-0.25, -0.2) is 0 Å². The highest BCUT2D eigenvalue weighted by molar-refractivity contribution is 5.80. The largest absolute Gasteiger partial charge is 0.435 e. The molecule has 0 atom stereocenters. The summed E-state index contributed by atoms with van der Waals surface area (Å²) in [5.41, 5.74) is 6.65. The van der Waals surface area contributed by atoms with Crippen LogP contribution in [-0.4, -0.2) is 29.9 Å². The molecule has 5 nitrogen and oxygen atoms in total. The molecule has 2 aromatic rings. The molecule has 0 spiro atoms. The predicted octanol–water partition coefficient (Wildman–Crippen LogP) is 2.73. The Bertz CT molecular complexity index is 739. The van der Waals surface area contributed by atoms with E-state index >= 15 is 0 Å². The van der Waals surface area contributed by atoms with Gasteiger partial charge in [0.25, 0.3) is 0 Å². The molecule has 0 radical (unpaired) electrons. The molecule has 0 fully saturated rings. The monoisotopic (exact) mass is 362 g/mol. The van der Waals surface area contributed by atoms with Crippen molar-refractivity contribution in [2.75, 3.05) is 6.54 Å². The maximum atomic E-state index is 12.6. The minimum absolute atomic E-state index is 0.00274. The zero-order chi connectivity index (χ0) is 18.9. The van der Waals surface area contributed by atoms with Crippen LogP contribution in [0.3, 0.4) is 0 Å². The average molecular weight is 362 g/mol. The molecule has 2 amide bonds. The van der Waals surface area contributed by atoms with E-state index in [4.69, 9.17) is 5.73 Å². The summed E-state index contributed by atoms with van der Waals surface area (Å²) in [6.07, 6.45) is 0.0547. The minimum atomic E-state index is -2.92. The number of carbonyl (C=O) groups excluding carboxylic acids is 2. The number of primary amides is 1. The molecule has 26 heavy (non-hydrogen) atoms. The Morgan fingerprint density at radius 3 is 2.38 bits per heavy atom. The van der Waals surface area contributed by atoms with Crippen LogP contribution in [0.2, 0.25) is 0 Å². The highest BCUT2D eigenvalue weighted by atomic mass is 19.3. The van der Waals surface area contributed by atoms with Gasteiger partial charge in [-0.1, -0.05) is 42.5 Å². The first kappa shape index (κ1) is 19.4. The second-order valence-corrected chi connectivity index (χ2v) is 5.72. The van der Waals surface area contributed by atoms with E-state index in [-0.39, 0.29) is 31.0 Å². The van der Waals surface area contributed by atoms with Crippen LogP contribution in [0.25, 0.3) is 0 Å². The van der Waals surface area contributed by atoms with Crippen molar-refractivity contribution in [3.63, 3.8) is 0 Å². The van der Waals surface area contributed by atoms with Crippen LogP contribution < -0.4 is 10.5 Å². The van der Waals surface area contributed by atoms with Gasteiger partial charge in [0, 0.05) is 19.5 Å². The minimum Gasteiger partial charge on any atom is -0.435 e. The number of carbonyl (C=O) groups is 2. The van der Waals surface area contributed by atoms with Crippen molar-refractivity contribution < 1.29 is 23.1 Å². The van der Waals surface area contributed by atoms with Crippen LogP contribution in [0.5, 0.6) is 5.75 Å². The summed E-state index contributed by atoms with van der Waals surface area (Å²) in [6, 6.07) is 15.3. The first-order chi connectivity index (χ1) is 12.4. The Hall–Kier alpha value is -2.96. The molecule has 2 rings (SSSR count). The van der Waals surface area contributed by atoms with Gasteiger partial charge in [0.15, 0.2) is 0 Å². The Morgan fingerprint density at radius 1 is 1.04 bits per heavy atom. The van der Waals surface area contributed by atoms with Gasteiger partial charge in [0.2, 0.25) is 11.8 Å². The number of rotatable bonds is 9. The van der Waals surface area contributed by atoms with Crippen molar-refractivity contribution in [3.05, 3.63) is 65.7 Å². The molecule has 2 aromatic carbocycles. The lowest BCUT2D eigenvalue weighted by molar-refractivity contribution is -0.131. The van der Waals surface area contributed by atoms with Crippen LogP contribution in [-0.2, 0) is 22.6 Å². The lowest BCUT2D eigenvalue weighted by Gasteiger charge is -2.22. The Morgan fingerprint density at radius 2 is 1.73 bits per heavy atom. The summed E-state index contributed by atoms with van der Waals surface area (Å²) in [6.45, 7) is -2.40. The van der Waals surface area contributed by atoms with Crippen LogP contribution in [0.1, 0.15) is 17.5 Å². The standard InChI is InChI=1S/C19H20F2N2O3/c20-19(21)26-16-8-4-7-15(11-16)12-18(25)23(10-9-17(22)24)13-14-5-2-1-3-6-14/h1-8,11,19H,9-10,12-13H2,(H2,22,24). The third-order valence-corrected chi connectivity index (χ3v) is 3.68. The fourth-order valence-corrected chi connectivity index (χ4v) is 2.46. The predicted molar refractivity (Wildman–Crippen MR) is 92.4 cm³/mol. The molecule has 0 aliphatic rings. The lowest BCUT2D eigenvalue weighted by Crippen LogP contribution is -2.34. The number of hydrogen-bond acceptors (Lipinski definition) is 3. The molecule has 0 aliphatic heterocycles. The van der Waals surface area contributed by atoms with Crippen molar-refractivity contribution in [3.8, 4) is 5.75 Å². The third kappa shape index (κ3) is 6.51. The van der Waals surface area contributed by atoms with Crippen molar-refractivity contribution in [2.24, 2.45) is 5.73 Å². The second-order valence-electron chi connectivity index (χ2n) is 5.72. The molecule has 0 aromatic heterocycles. The molecule has 0 unspecified atom stereocenters. The summed E-state index contributed by atoms with van der Waals surface area (Å²) in [5, 5.41) is 0. The topological polar surface area (TPSA) is 72.6 Å². The molecular formula is C19H20F2N2O3. The highest BCUT2D eigenvalue weighted by Crippen LogP contribution is 2.17. The summed E-state index contributed by atoms with van der Waals surface area (Å²) in [4.78, 5) is 25.3. The van der Waals surface area contributed by atoms with Gasteiger partial charge < -0.3 is 15.4 Å². The smallest absolute Gasteiger partial charge is 0.387 e. The normalized spacial score (nSPS) is 10.6. The quantitative estimate of drug-likeness (QED) is 0.745. The molecule has 0 aliphatic carbocycles. The molecule has 7 heteroatoms. The van der Waals surface area contributed by atoms with Crippen LogP contribution in [0.15, 0.2) is 54.6 Å². The van der Waals surface area contributed by atoms with Crippen molar-refractivity contribution in [1.29, 1.82) is 0 Å². The van der Waals surface area contributed by atoms with E-state index in [0.29, 0.717) is 12.1 Å². The van der Waals surface area contributed by atoms with E-state index in [0.717, 1.165) is 5.56 Å². The van der Waals surface area contributed by atoms with Gasteiger partial charge in [-0.05, 0) is 23.3 Å². The number of alkyl halides is 2. The molecule has 2 N–H and O–H groups in total. The molecule has 0 bridgehead atoms. The average Bonchev–Trinajstić information content (AvgIpc) is 2.59. The van der Waals surface area contributed by atoms with E-state index in [1.165, 1.54) is 17.0 Å². The van der Waals surface area contributed by atoms with Crippen LogP contribution >= 0.6 is 0 Å². The summed E-state index contributed by atoms with van der Waals surface area (Å²) in [5.74, 6) is -0.732. The zero-order valence-corrected chi connectivity index (χ0v) is 14.1. The van der Waals surface area contributed by atoms with E-state index in [9.17, 15) is 18.4 Å². The first-order valence-corrected chi connectivity index (χ1v) is 8.08. The van der Waals surface area contributed by atoms with Crippen molar-refractivity contribution in [1.82, 2.24) is 4.90 Å². The van der Waals surface area contributed by atoms with E-state index in [2.05, 4.69) is 4.74 Å². The fourth-order valence-electron chi connectivity index (χ4n) is 2.46. The van der Waals surface area contributed by atoms with Crippen LogP contribution in [0, 0.1) is 0 Å². The van der Waals surface area contributed by atoms with Gasteiger partial charge in [-0.15, -0.1) is 0 Å². The number of benzene rings is 2. The number of hydrogen-bond donors (Lipinski definition) is 1. The number of halogens is 2. The fraction of sp³-hybridized carbons (Fsp3) is 0.263. The summed E-state index contributed by atoms with van der Waals surface area (Å²) in [7, 11) is 0. The highest BCUT2D eigenvalue weighted by Gasteiger charge is 2.16. The van der Waals surface area contributed by atoms with Gasteiger partial charge >= 0.3 is 6.61 Å². The van der Waals surface area contributed by atoms with E-state index in [1.54, 1.807) is 12.1 Å². The Labute approximate surface area is 150 Å². The molecular weight excluding hydrogens is 342 g/mol. The number of nitrogens with zero attached hydrogens (tertiary/aromatic N) is 1. The lowest BCUT2D eigenvalue weighted by atomic mass is 10.1. The second kappa shape index (κ2) is 9.50. The Balaban J connectivity index is 2.08. The summed E-state index contributed by atoms with van der Waals surface area (Å²) < 4.78 is 29.0. The van der Waals surface area contributed by atoms with Gasteiger partial charge in [-0.2, -0.15) is 8.78 Å². The first-order valence-electron chi connectivity index (χ1n) is 8.08. The van der Waals surface area contributed by atoms with Crippen LogP contribution in [0.4, 0.5) is 8.78 Å². The summed E-state index contributed by atoms with van der Waals surface area (Å²) >= 11 is 0. The van der Waals surface area contributed by atoms with Gasteiger partial charge in [0.05, 0.1) is 6.42 Å². The number of ether oxygens (including phenoxy) is 1. The maximum Gasteiger partial charge on any atom is 0.387 e. The molecule has 0 saturated carbocycles. The third-order valence-electron chi connectivity index (χ3n) is 3.68. The Kier molecular flexibility index (Phi) is 7.08. The molecule has 0 saturated heterocycles. The SMILES string of the molecule is NC(=O)CCN(Cc1ccccc1)C(=O)Cc1cccc(OC(F)F)c1. The van der Waals surface area contributed by atoms with E-state index in [1.807, 2.05) is 30.3 Å². The maximum absolute atomic E-state index is 12.6.